The normalized spacial score (nSPS) is 26.8. The number of amides is 1. The molecule has 2 atom stereocenters. The maximum Gasteiger partial charge on any atom is 0.224 e. The number of fused-ring (bicyclic) bond motifs is 1. The molecule has 4 heteroatoms. The first kappa shape index (κ1) is 12.5. The van der Waals surface area contributed by atoms with E-state index in [0.717, 1.165) is 13.0 Å². The fourth-order valence-corrected chi connectivity index (χ4v) is 3.36. The van der Waals surface area contributed by atoms with Crippen LogP contribution in [0.3, 0.4) is 0 Å². The molecule has 1 amide bonds. The van der Waals surface area contributed by atoms with Crippen LogP contribution in [0.25, 0.3) is 0 Å². The van der Waals surface area contributed by atoms with E-state index in [1.54, 1.807) is 4.90 Å². The third kappa shape index (κ3) is 2.00. The van der Waals surface area contributed by atoms with Crippen LogP contribution in [0, 0.1) is 0 Å². The maximum absolute atomic E-state index is 11.7. The zero-order valence-electron chi connectivity index (χ0n) is 11.6. The van der Waals surface area contributed by atoms with Gasteiger partial charge in [-0.2, -0.15) is 0 Å². The third-order valence-electron chi connectivity index (χ3n) is 4.42. The molecule has 1 fully saturated rings. The average molecular weight is 259 g/mol. The molecule has 2 unspecified atom stereocenters. The van der Waals surface area contributed by atoms with Gasteiger partial charge in [-0.1, -0.05) is 12.1 Å². The van der Waals surface area contributed by atoms with Crippen molar-refractivity contribution in [3.8, 4) is 0 Å². The third-order valence-corrected chi connectivity index (χ3v) is 4.42. The second-order valence-electron chi connectivity index (χ2n) is 5.73. The Balaban J connectivity index is 1.96. The topological polar surface area (TPSA) is 49.6 Å². The molecule has 0 spiro atoms. The fraction of sp³-hybridized carbons (Fsp3) is 0.533. The smallest absolute Gasteiger partial charge is 0.224 e. The zero-order valence-corrected chi connectivity index (χ0v) is 11.6. The van der Waals surface area contributed by atoms with Crippen LogP contribution in [-0.4, -0.2) is 37.5 Å². The van der Waals surface area contributed by atoms with Gasteiger partial charge in [0.05, 0.1) is 6.04 Å². The van der Waals surface area contributed by atoms with Gasteiger partial charge in [0.25, 0.3) is 0 Å². The zero-order chi connectivity index (χ0) is 13.6. The van der Waals surface area contributed by atoms with Crippen LogP contribution in [0.2, 0.25) is 0 Å². The lowest BCUT2D eigenvalue weighted by Gasteiger charge is -2.30. The summed E-state index contributed by atoms with van der Waals surface area (Å²) in [7, 11) is 3.99. The highest BCUT2D eigenvalue weighted by atomic mass is 16.2. The molecule has 2 N–H and O–H groups in total. The lowest BCUT2D eigenvalue weighted by molar-refractivity contribution is -0.127. The van der Waals surface area contributed by atoms with Crippen molar-refractivity contribution in [2.45, 2.75) is 31.3 Å². The maximum atomic E-state index is 11.7. The van der Waals surface area contributed by atoms with E-state index in [-0.39, 0.29) is 18.0 Å². The van der Waals surface area contributed by atoms with Crippen molar-refractivity contribution in [2.24, 2.45) is 5.73 Å². The molecule has 2 aliphatic heterocycles. The number of aryl methyl sites for hydroxylation is 1. The molecule has 2 aliphatic rings. The Morgan fingerprint density at radius 3 is 2.79 bits per heavy atom. The largest absolute Gasteiger partial charge is 0.374 e. The van der Waals surface area contributed by atoms with Gasteiger partial charge in [-0.3, -0.25) is 4.79 Å². The van der Waals surface area contributed by atoms with Gasteiger partial charge in [0.1, 0.15) is 0 Å². The van der Waals surface area contributed by atoms with Crippen LogP contribution in [0.1, 0.15) is 30.0 Å². The van der Waals surface area contributed by atoms with E-state index in [4.69, 9.17) is 5.73 Å². The SMILES string of the molecule is CN1CCCc2cc(C3C(N)CC(=O)N3C)ccc21. The van der Waals surface area contributed by atoms with Crippen molar-refractivity contribution in [3.05, 3.63) is 29.3 Å². The summed E-state index contributed by atoms with van der Waals surface area (Å²) < 4.78 is 0. The van der Waals surface area contributed by atoms with E-state index in [1.165, 1.54) is 23.2 Å². The minimum absolute atomic E-state index is 0.0324. The number of nitrogens with two attached hydrogens (primary N) is 1. The van der Waals surface area contributed by atoms with Gasteiger partial charge in [0.2, 0.25) is 5.91 Å². The second kappa shape index (κ2) is 4.53. The van der Waals surface area contributed by atoms with E-state index in [0.29, 0.717) is 6.42 Å². The molecule has 0 radical (unpaired) electrons. The van der Waals surface area contributed by atoms with Crippen LogP contribution in [0.15, 0.2) is 18.2 Å². The molecular weight excluding hydrogens is 238 g/mol. The van der Waals surface area contributed by atoms with Crippen LogP contribution >= 0.6 is 0 Å². The Hall–Kier alpha value is -1.55. The second-order valence-corrected chi connectivity index (χ2v) is 5.73. The highest BCUT2D eigenvalue weighted by Crippen LogP contribution is 2.34. The lowest BCUT2D eigenvalue weighted by Crippen LogP contribution is -2.31. The van der Waals surface area contributed by atoms with Gasteiger partial charge in [-0.25, -0.2) is 0 Å². The Kier molecular flexibility index (Phi) is 2.97. The average Bonchev–Trinajstić information content (AvgIpc) is 2.63. The van der Waals surface area contributed by atoms with Gasteiger partial charge in [0.15, 0.2) is 0 Å². The highest BCUT2D eigenvalue weighted by Gasteiger charge is 2.36. The highest BCUT2D eigenvalue weighted by molar-refractivity contribution is 5.80. The number of likely N-dealkylation sites (N-methyl/N-ethyl adjacent to an activating group) is 1. The molecule has 0 aromatic heterocycles. The van der Waals surface area contributed by atoms with Gasteiger partial charge in [-0.05, 0) is 30.0 Å². The number of nitrogens with zero attached hydrogens (tertiary/aromatic N) is 2. The molecule has 19 heavy (non-hydrogen) atoms. The number of carbonyl (C=O) groups is 1. The first-order valence-electron chi connectivity index (χ1n) is 6.93. The summed E-state index contributed by atoms with van der Waals surface area (Å²) >= 11 is 0. The van der Waals surface area contributed by atoms with Crippen molar-refractivity contribution in [2.75, 3.05) is 25.5 Å². The van der Waals surface area contributed by atoms with Gasteiger partial charge in [-0.15, -0.1) is 0 Å². The molecular formula is C15H21N3O. The number of hydrogen-bond donors (Lipinski definition) is 1. The Labute approximate surface area is 114 Å². The summed E-state index contributed by atoms with van der Waals surface area (Å²) in [4.78, 5) is 15.8. The van der Waals surface area contributed by atoms with E-state index in [9.17, 15) is 4.79 Å². The summed E-state index contributed by atoms with van der Waals surface area (Å²) in [6.07, 6.45) is 2.77. The Bertz CT molecular complexity index is 514. The molecule has 0 aliphatic carbocycles. The number of likely N-dealkylation sites (tertiary alicyclic amines) is 1. The van der Waals surface area contributed by atoms with E-state index >= 15 is 0 Å². The molecule has 102 valence electrons. The molecule has 0 saturated carbocycles. The number of benzene rings is 1. The Morgan fingerprint density at radius 1 is 1.32 bits per heavy atom. The molecule has 3 rings (SSSR count). The van der Waals surface area contributed by atoms with Crippen LogP contribution < -0.4 is 10.6 Å². The summed E-state index contributed by atoms with van der Waals surface area (Å²) in [5.74, 6) is 0.146. The van der Waals surface area contributed by atoms with Crippen molar-refractivity contribution in [1.82, 2.24) is 4.90 Å². The summed E-state index contributed by atoms with van der Waals surface area (Å²) in [6.45, 7) is 1.12. The summed E-state index contributed by atoms with van der Waals surface area (Å²) in [6, 6.07) is 6.49. The standard InChI is InChI=1S/C15H21N3O/c1-17-7-3-4-10-8-11(5-6-13(10)17)15-12(16)9-14(19)18(15)2/h5-6,8,12,15H,3-4,7,9,16H2,1-2H3. The van der Waals surface area contributed by atoms with Crippen molar-refractivity contribution in [1.29, 1.82) is 0 Å². The first-order chi connectivity index (χ1) is 9.08. The Morgan fingerprint density at radius 2 is 2.11 bits per heavy atom. The number of rotatable bonds is 1. The number of anilines is 1. The fourth-order valence-electron chi connectivity index (χ4n) is 3.36. The van der Waals surface area contributed by atoms with Crippen molar-refractivity contribution < 1.29 is 4.79 Å². The first-order valence-corrected chi connectivity index (χ1v) is 6.93. The van der Waals surface area contributed by atoms with Gasteiger partial charge < -0.3 is 15.5 Å². The van der Waals surface area contributed by atoms with E-state index in [2.05, 4.69) is 30.1 Å². The molecule has 1 aromatic carbocycles. The summed E-state index contributed by atoms with van der Waals surface area (Å²) in [5.41, 5.74) is 9.99. The van der Waals surface area contributed by atoms with Crippen LogP contribution in [0.5, 0.6) is 0 Å². The van der Waals surface area contributed by atoms with E-state index < -0.39 is 0 Å². The molecule has 1 aromatic rings. The van der Waals surface area contributed by atoms with Gasteiger partial charge >= 0.3 is 0 Å². The minimum Gasteiger partial charge on any atom is -0.374 e. The molecule has 2 heterocycles. The van der Waals surface area contributed by atoms with E-state index in [1.807, 2.05) is 7.05 Å². The molecule has 1 saturated heterocycles. The predicted octanol–water partition coefficient (Wildman–Crippen LogP) is 1.30. The van der Waals surface area contributed by atoms with Crippen LogP contribution in [-0.2, 0) is 11.2 Å². The number of hydrogen-bond acceptors (Lipinski definition) is 3. The lowest BCUT2D eigenvalue weighted by atomic mass is 9.94. The number of carbonyl (C=O) groups excluding carboxylic acids is 1. The molecule has 4 nitrogen and oxygen atoms in total. The van der Waals surface area contributed by atoms with Crippen LogP contribution in [0.4, 0.5) is 5.69 Å². The van der Waals surface area contributed by atoms with Crippen molar-refractivity contribution in [3.63, 3.8) is 0 Å². The minimum atomic E-state index is -0.0862. The monoisotopic (exact) mass is 259 g/mol. The quantitative estimate of drug-likeness (QED) is 0.827. The van der Waals surface area contributed by atoms with Crippen molar-refractivity contribution >= 4 is 11.6 Å². The predicted molar refractivity (Wildman–Crippen MR) is 76.1 cm³/mol. The summed E-state index contributed by atoms with van der Waals surface area (Å²) in [5, 5.41) is 0. The molecule has 0 bridgehead atoms. The van der Waals surface area contributed by atoms with Gasteiger partial charge in [0, 0.05) is 38.8 Å².